The summed E-state index contributed by atoms with van der Waals surface area (Å²) < 4.78 is 15.4. The molecule has 2 aromatic carbocycles. The minimum atomic E-state index is -0.338. The Hall–Kier alpha value is -3.95. The predicted molar refractivity (Wildman–Crippen MR) is 166 cm³/mol. The van der Waals surface area contributed by atoms with Crippen LogP contribution in [0.5, 0.6) is 0 Å². The lowest BCUT2D eigenvalue weighted by Crippen LogP contribution is -2.19. The minimum Gasteiger partial charge on any atom is -0.322 e. The highest BCUT2D eigenvalue weighted by molar-refractivity contribution is 8.18. The first-order valence-corrected chi connectivity index (χ1v) is 15.2. The van der Waals surface area contributed by atoms with E-state index in [1.165, 1.54) is 28.8 Å². The Morgan fingerprint density at radius 2 is 1.78 bits per heavy atom. The summed E-state index contributed by atoms with van der Waals surface area (Å²) >= 11 is 2.95. The molecule has 1 saturated heterocycles. The van der Waals surface area contributed by atoms with Crippen LogP contribution in [0.1, 0.15) is 56.2 Å². The Balaban J connectivity index is 1.34. The summed E-state index contributed by atoms with van der Waals surface area (Å²) in [5, 5.41) is 7.29. The summed E-state index contributed by atoms with van der Waals surface area (Å²) in [6.45, 7) is 6.07. The van der Waals surface area contributed by atoms with E-state index < -0.39 is 0 Å². The summed E-state index contributed by atoms with van der Waals surface area (Å²) in [6, 6.07) is 15.7. The molecule has 1 aliphatic carbocycles. The molecule has 0 unspecified atom stereocenters. The van der Waals surface area contributed by atoms with Gasteiger partial charge in [-0.25, -0.2) is 9.38 Å². The number of amidine groups is 1. The van der Waals surface area contributed by atoms with Gasteiger partial charge in [-0.1, -0.05) is 17.7 Å². The lowest BCUT2D eigenvalue weighted by atomic mass is 9.95. The highest BCUT2D eigenvalue weighted by Gasteiger charge is 2.29. The second-order valence-electron chi connectivity index (χ2n) is 10.3. The van der Waals surface area contributed by atoms with E-state index in [-0.39, 0.29) is 17.6 Å². The van der Waals surface area contributed by atoms with Gasteiger partial charge in [-0.15, -0.1) is 11.3 Å². The van der Waals surface area contributed by atoms with Crippen molar-refractivity contribution < 1.29 is 14.0 Å². The first kappa shape index (κ1) is 27.2. The Labute approximate surface area is 246 Å². The van der Waals surface area contributed by atoms with Crippen LogP contribution >= 0.6 is 23.1 Å². The van der Waals surface area contributed by atoms with Crippen LogP contribution in [0.3, 0.4) is 0 Å². The molecule has 9 heteroatoms. The fourth-order valence-electron chi connectivity index (χ4n) is 5.27. The molecule has 2 aromatic heterocycles. The number of rotatable bonds is 5. The Morgan fingerprint density at radius 1 is 1.05 bits per heavy atom. The molecule has 4 aromatic rings. The van der Waals surface area contributed by atoms with Crippen LogP contribution in [-0.4, -0.2) is 21.5 Å². The van der Waals surface area contributed by atoms with Crippen LogP contribution < -0.4 is 10.6 Å². The van der Waals surface area contributed by atoms with Crippen LogP contribution in [0.2, 0.25) is 0 Å². The molecule has 2 amide bonds. The van der Waals surface area contributed by atoms with Crippen molar-refractivity contribution in [3.63, 3.8) is 0 Å². The van der Waals surface area contributed by atoms with Crippen molar-refractivity contribution in [2.24, 2.45) is 4.99 Å². The number of fused-ring (bicyclic) bond motifs is 1. The second kappa shape index (κ2) is 11.1. The van der Waals surface area contributed by atoms with Gasteiger partial charge < -0.3 is 15.2 Å². The molecule has 3 heterocycles. The first-order chi connectivity index (χ1) is 19.8. The fraction of sp³-hybridized carbons (Fsp3) is 0.219. The Morgan fingerprint density at radius 3 is 2.54 bits per heavy atom. The molecule has 6 nitrogen and oxygen atoms in total. The zero-order valence-electron chi connectivity index (χ0n) is 23.0. The van der Waals surface area contributed by atoms with Gasteiger partial charge in [-0.3, -0.25) is 9.59 Å². The third kappa shape index (κ3) is 5.52. The van der Waals surface area contributed by atoms with Crippen LogP contribution in [0, 0.1) is 26.6 Å². The van der Waals surface area contributed by atoms with Crippen molar-refractivity contribution in [3.8, 4) is 5.00 Å². The number of anilines is 1. The summed E-state index contributed by atoms with van der Waals surface area (Å²) in [7, 11) is 0. The molecule has 6 rings (SSSR count). The smallest absolute Gasteiger partial charge is 0.264 e. The number of aryl methyl sites for hydroxylation is 3. The minimum absolute atomic E-state index is 0.0944. The third-order valence-electron chi connectivity index (χ3n) is 7.36. The number of hydrogen-bond donors (Lipinski definition) is 2. The van der Waals surface area contributed by atoms with Crippen LogP contribution in [-0.2, 0) is 17.6 Å². The van der Waals surface area contributed by atoms with E-state index in [0.717, 1.165) is 70.0 Å². The number of aromatic nitrogens is 1. The normalized spacial score (nSPS) is 16.7. The van der Waals surface area contributed by atoms with E-state index in [2.05, 4.69) is 20.2 Å². The molecule has 0 bridgehead atoms. The van der Waals surface area contributed by atoms with Crippen molar-refractivity contribution >= 4 is 57.5 Å². The predicted octanol–water partition coefficient (Wildman–Crippen LogP) is 7.63. The maximum atomic E-state index is 13.8. The number of nitrogens with zero attached hydrogens (tertiary/aromatic N) is 2. The Kier molecular flexibility index (Phi) is 7.40. The van der Waals surface area contributed by atoms with Crippen molar-refractivity contribution in [1.82, 2.24) is 9.88 Å². The maximum Gasteiger partial charge on any atom is 0.264 e. The van der Waals surface area contributed by atoms with Crippen molar-refractivity contribution in [2.75, 3.05) is 5.32 Å². The van der Waals surface area contributed by atoms with Crippen LogP contribution in [0.25, 0.3) is 11.1 Å². The lowest BCUT2D eigenvalue weighted by molar-refractivity contribution is -0.115. The number of thioether (sulfide) groups is 1. The summed E-state index contributed by atoms with van der Waals surface area (Å²) in [5.41, 5.74) is 7.21. The number of hydrogen-bond acceptors (Lipinski definition) is 5. The summed E-state index contributed by atoms with van der Waals surface area (Å²) in [6.07, 6.45) is 5.94. The molecule has 0 spiro atoms. The van der Waals surface area contributed by atoms with E-state index in [9.17, 15) is 14.0 Å². The molecule has 0 saturated carbocycles. The van der Waals surface area contributed by atoms with Gasteiger partial charge in [-0.2, -0.15) is 0 Å². The van der Waals surface area contributed by atoms with Crippen LogP contribution in [0.15, 0.2) is 64.5 Å². The average Bonchev–Trinajstić information content (AvgIpc) is 3.58. The SMILES string of the molecule is Cc1ccc(NC(=O)c2c(-n3c(C)cc(/C=C4\SC(=Nc5ccc(F)cc5)NC4=O)c3C)sc3c2CCCC3)cc1. The average molecular weight is 585 g/mol. The van der Waals surface area contributed by atoms with Gasteiger partial charge in [0.15, 0.2) is 5.17 Å². The topological polar surface area (TPSA) is 75.5 Å². The largest absolute Gasteiger partial charge is 0.322 e. The van der Waals surface area contributed by atoms with E-state index in [4.69, 9.17) is 0 Å². The standard InChI is InChI=1S/C32H29FN4O2S2/c1-18-8-12-23(13-9-18)34-30(39)28-25-6-4-5-7-26(25)40-31(28)37-19(2)16-21(20(37)3)17-27-29(38)36-32(41-27)35-24-14-10-22(33)11-15-24/h8-17H,4-7H2,1-3H3,(H,34,39)(H,35,36,38)/b27-17-. The summed E-state index contributed by atoms with van der Waals surface area (Å²) in [4.78, 5) is 32.8. The molecular weight excluding hydrogens is 556 g/mol. The molecule has 0 radical (unpaired) electrons. The number of aliphatic imine (C=N–C) groups is 1. The Bertz CT molecular complexity index is 1730. The maximum absolute atomic E-state index is 13.8. The number of halogens is 1. The molecular formula is C32H29FN4O2S2. The summed E-state index contributed by atoms with van der Waals surface area (Å²) in [5.74, 6) is -0.663. The highest BCUT2D eigenvalue weighted by Crippen LogP contribution is 2.40. The van der Waals surface area contributed by atoms with Crippen LogP contribution in [0.4, 0.5) is 15.8 Å². The number of carbonyl (C=O) groups is 2. The van der Waals surface area contributed by atoms with Gasteiger partial charge in [0.05, 0.1) is 16.2 Å². The molecule has 1 aliphatic heterocycles. The molecule has 1 fully saturated rings. The van der Waals surface area contributed by atoms with Gasteiger partial charge in [0, 0.05) is 22.0 Å². The molecule has 2 aliphatic rings. The quantitative estimate of drug-likeness (QED) is 0.237. The third-order valence-corrected chi connectivity index (χ3v) is 9.54. The van der Waals surface area contributed by atoms with Crippen molar-refractivity contribution in [3.05, 3.63) is 104 Å². The lowest BCUT2D eigenvalue weighted by Gasteiger charge is -2.14. The molecule has 208 valence electrons. The number of thiophene rings is 1. The fourth-order valence-corrected chi connectivity index (χ4v) is 7.60. The van der Waals surface area contributed by atoms with Gasteiger partial charge >= 0.3 is 0 Å². The van der Waals surface area contributed by atoms with E-state index >= 15 is 0 Å². The van der Waals surface area contributed by atoms with Gasteiger partial charge in [-0.05, 0) is 118 Å². The number of amides is 2. The molecule has 41 heavy (non-hydrogen) atoms. The molecule has 0 atom stereocenters. The van der Waals surface area contributed by atoms with E-state index in [1.807, 2.05) is 57.2 Å². The highest BCUT2D eigenvalue weighted by atomic mass is 32.2. The van der Waals surface area contributed by atoms with Crippen molar-refractivity contribution in [2.45, 2.75) is 46.5 Å². The monoisotopic (exact) mass is 584 g/mol. The first-order valence-electron chi connectivity index (χ1n) is 13.5. The van der Waals surface area contributed by atoms with Crippen molar-refractivity contribution in [1.29, 1.82) is 0 Å². The van der Waals surface area contributed by atoms with E-state index in [0.29, 0.717) is 15.8 Å². The molecule has 2 N–H and O–H groups in total. The number of benzene rings is 2. The van der Waals surface area contributed by atoms with E-state index in [1.54, 1.807) is 23.5 Å². The number of carbonyl (C=O) groups excluding carboxylic acids is 2. The zero-order valence-corrected chi connectivity index (χ0v) is 24.6. The van der Waals surface area contributed by atoms with Gasteiger partial charge in [0.25, 0.3) is 11.8 Å². The zero-order chi connectivity index (χ0) is 28.7. The van der Waals surface area contributed by atoms with Gasteiger partial charge in [0.2, 0.25) is 0 Å². The number of nitrogens with one attached hydrogen (secondary N) is 2. The van der Waals surface area contributed by atoms with Gasteiger partial charge in [0.1, 0.15) is 10.8 Å². The second-order valence-corrected chi connectivity index (χ2v) is 12.4.